The largest absolute Gasteiger partial charge is 0.357 e. The number of pyridine rings is 1. The molecule has 0 saturated carbocycles. The minimum Gasteiger partial charge on any atom is -0.357 e. The van der Waals surface area contributed by atoms with Gasteiger partial charge in [0.25, 0.3) is 0 Å². The maximum absolute atomic E-state index is 12.2. The van der Waals surface area contributed by atoms with E-state index in [1.807, 2.05) is 55.8 Å². The first-order valence-electron chi connectivity index (χ1n) is 9.90. The molecule has 3 N–H and O–H groups in total. The van der Waals surface area contributed by atoms with E-state index in [0.29, 0.717) is 24.7 Å². The molecule has 0 unspecified atom stereocenters. The van der Waals surface area contributed by atoms with Gasteiger partial charge in [-0.25, -0.2) is 9.67 Å². The average Bonchev–Trinajstić information content (AvgIpc) is 3.09. The van der Waals surface area contributed by atoms with Gasteiger partial charge < -0.3 is 16.0 Å². The molecule has 0 spiro atoms. The van der Waals surface area contributed by atoms with Crippen LogP contribution in [0.4, 0.5) is 5.69 Å². The molecule has 0 fully saturated rings. The average molecular weight is 533 g/mol. The Balaban J connectivity index is 0.00000341. The number of aryl methyl sites for hydroxylation is 2. The van der Waals surface area contributed by atoms with Crippen molar-refractivity contribution in [2.75, 3.05) is 18.4 Å². The van der Waals surface area contributed by atoms with Crippen molar-refractivity contribution in [3.05, 3.63) is 71.8 Å². The summed E-state index contributed by atoms with van der Waals surface area (Å²) in [7, 11) is 0. The molecule has 0 radical (unpaired) electrons. The standard InChI is InChI=1S/C22H27N7O.HI/c1-4-24-22(26-15-21(30)27-19-9-7-11-23-14-19)25-13-18-8-5-6-10-20(18)29-17(3)12-16(2)28-29;/h5-12,14H,4,13,15H2,1-3H3,(H,27,30)(H2,24,25,26);1H. The Bertz CT molecular complexity index is 1020. The lowest BCUT2D eigenvalue weighted by molar-refractivity contribution is -0.115. The molecule has 0 aliphatic rings. The van der Waals surface area contributed by atoms with Crippen molar-refractivity contribution in [1.29, 1.82) is 0 Å². The number of rotatable bonds is 7. The van der Waals surface area contributed by atoms with Crippen LogP contribution in [0.25, 0.3) is 5.69 Å². The normalized spacial score (nSPS) is 10.9. The van der Waals surface area contributed by atoms with Gasteiger partial charge in [-0.2, -0.15) is 5.10 Å². The summed E-state index contributed by atoms with van der Waals surface area (Å²) < 4.78 is 1.93. The summed E-state index contributed by atoms with van der Waals surface area (Å²) in [6.07, 6.45) is 3.26. The molecule has 1 amide bonds. The fourth-order valence-electron chi connectivity index (χ4n) is 3.04. The highest BCUT2D eigenvalue weighted by Crippen LogP contribution is 2.17. The van der Waals surface area contributed by atoms with Gasteiger partial charge in [0.15, 0.2) is 5.96 Å². The molecule has 0 aliphatic heterocycles. The Hall–Kier alpha value is -2.95. The third-order valence-electron chi connectivity index (χ3n) is 4.34. The van der Waals surface area contributed by atoms with Gasteiger partial charge in [-0.15, -0.1) is 24.0 Å². The maximum atomic E-state index is 12.2. The second-order valence-electron chi connectivity index (χ2n) is 6.81. The molecule has 0 atom stereocenters. The minimum atomic E-state index is -0.170. The van der Waals surface area contributed by atoms with Crippen LogP contribution in [0.2, 0.25) is 0 Å². The molecule has 0 saturated heterocycles. The van der Waals surface area contributed by atoms with Crippen LogP contribution in [0.5, 0.6) is 0 Å². The van der Waals surface area contributed by atoms with E-state index in [1.165, 1.54) is 0 Å². The lowest BCUT2D eigenvalue weighted by Crippen LogP contribution is -2.41. The number of anilines is 1. The van der Waals surface area contributed by atoms with Gasteiger partial charge in [-0.3, -0.25) is 9.78 Å². The summed E-state index contributed by atoms with van der Waals surface area (Å²) in [4.78, 5) is 20.8. The molecule has 2 heterocycles. The van der Waals surface area contributed by atoms with Crippen LogP contribution in [0.15, 0.2) is 59.9 Å². The fraction of sp³-hybridized carbons (Fsp3) is 0.273. The van der Waals surface area contributed by atoms with Gasteiger partial charge in [0.1, 0.15) is 0 Å². The number of guanidine groups is 1. The second-order valence-corrected chi connectivity index (χ2v) is 6.81. The Morgan fingerprint density at radius 3 is 2.61 bits per heavy atom. The number of carbonyl (C=O) groups excluding carboxylic acids is 1. The van der Waals surface area contributed by atoms with Crippen LogP contribution in [0.3, 0.4) is 0 Å². The Kier molecular flexibility index (Phi) is 9.44. The number of para-hydroxylation sites is 1. The zero-order valence-electron chi connectivity index (χ0n) is 17.9. The van der Waals surface area contributed by atoms with E-state index in [1.54, 1.807) is 24.5 Å². The summed E-state index contributed by atoms with van der Waals surface area (Å²) in [6.45, 7) is 7.24. The number of benzene rings is 1. The van der Waals surface area contributed by atoms with Gasteiger partial charge in [0.05, 0.1) is 36.4 Å². The summed E-state index contributed by atoms with van der Waals surface area (Å²) in [6, 6.07) is 13.7. The molecular formula is C22H28IN7O. The Morgan fingerprint density at radius 2 is 1.94 bits per heavy atom. The van der Waals surface area contributed by atoms with Crippen molar-refractivity contribution in [1.82, 2.24) is 25.4 Å². The number of aromatic nitrogens is 3. The number of aliphatic imine (C=N–C) groups is 1. The topological polar surface area (TPSA) is 96.2 Å². The zero-order valence-corrected chi connectivity index (χ0v) is 20.3. The third kappa shape index (κ3) is 7.06. The zero-order chi connectivity index (χ0) is 21.3. The Morgan fingerprint density at radius 1 is 1.13 bits per heavy atom. The van der Waals surface area contributed by atoms with Crippen LogP contribution in [0, 0.1) is 13.8 Å². The summed E-state index contributed by atoms with van der Waals surface area (Å²) in [5, 5.41) is 13.6. The van der Waals surface area contributed by atoms with Crippen molar-refractivity contribution in [3.8, 4) is 5.69 Å². The highest BCUT2D eigenvalue weighted by molar-refractivity contribution is 14.0. The van der Waals surface area contributed by atoms with Gasteiger partial charge in [0.2, 0.25) is 5.91 Å². The molecule has 0 aliphatic carbocycles. The molecule has 8 nitrogen and oxygen atoms in total. The summed E-state index contributed by atoms with van der Waals surface area (Å²) in [5.41, 5.74) is 4.74. The molecule has 0 bridgehead atoms. The predicted molar refractivity (Wildman–Crippen MR) is 134 cm³/mol. The van der Waals surface area contributed by atoms with Crippen molar-refractivity contribution in [2.24, 2.45) is 4.99 Å². The van der Waals surface area contributed by atoms with Crippen molar-refractivity contribution < 1.29 is 4.79 Å². The van der Waals surface area contributed by atoms with Crippen LogP contribution < -0.4 is 16.0 Å². The Labute approximate surface area is 199 Å². The predicted octanol–water partition coefficient (Wildman–Crippen LogP) is 3.20. The molecule has 164 valence electrons. The number of amides is 1. The summed E-state index contributed by atoms with van der Waals surface area (Å²) >= 11 is 0. The van der Waals surface area contributed by atoms with E-state index in [9.17, 15) is 4.79 Å². The molecule has 2 aromatic heterocycles. The van der Waals surface area contributed by atoms with E-state index in [-0.39, 0.29) is 36.4 Å². The number of carbonyl (C=O) groups is 1. The first-order valence-corrected chi connectivity index (χ1v) is 9.90. The summed E-state index contributed by atoms with van der Waals surface area (Å²) in [5.74, 6) is 0.402. The lowest BCUT2D eigenvalue weighted by atomic mass is 10.2. The smallest absolute Gasteiger partial charge is 0.243 e. The fourth-order valence-corrected chi connectivity index (χ4v) is 3.04. The van der Waals surface area contributed by atoms with Crippen LogP contribution in [0.1, 0.15) is 23.9 Å². The molecular weight excluding hydrogens is 505 g/mol. The monoisotopic (exact) mass is 533 g/mol. The van der Waals surface area contributed by atoms with E-state index in [2.05, 4.69) is 31.0 Å². The van der Waals surface area contributed by atoms with Crippen molar-refractivity contribution in [2.45, 2.75) is 27.3 Å². The molecule has 9 heteroatoms. The van der Waals surface area contributed by atoms with E-state index in [4.69, 9.17) is 0 Å². The SMILES string of the molecule is CCNC(=NCc1ccccc1-n1nc(C)cc1C)NCC(=O)Nc1cccnc1.I. The van der Waals surface area contributed by atoms with Crippen LogP contribution in [-0.4, -0.2) is 39.7 Å². The highest BCUT2D eigenvalue weighted by atomic mass is 127. The second kappa shape index (κ2) is 12.0. The molecule has 1 aromatic carbocycles. The van der Waals surface area contributed by atoms with Crippen molar-refractivity contribution >= 4 is 41.5 Å². The van der Waals surface area contributed by atoms with Gasteiger partial charge in [0, 0.05) is 18.4 Å². The maximum Gasteiger partial charge on any atom is 0.243 e. The molecule has 3 aromatic rings. The number of hydrogen-bond donors (Lipinski definition) is 3. The first kappa shape index (κ1) is 24.3. The minimum absolute atomic E-state index is 0. The van der Waals surface area contributed by atoms with Gasteiger partial charge in [-0.05, 0) is 50.6 Å². The first-order chi connectivity index (χ1) is 14.6. The quantitative estimate of drug-likeness (QED) is 0.246. The van der Waals surface area contributed by atoms with E-state index >= 15 is 0 Å². The van der Waals surface area contributed by atoms with Gasteiger partial charge >= 0.3 is 0 Å². The third-order valence-corrected chi connectivity index (χ3v) is 4.34. The van der Waals surface area contributed by atoms with Crippen LogP contribution >= 0.6 is 24.0 Å². The molecule has 3 rings (SSSR count). The highest BCUT2D eigenvalue weighted by Gasteiger charge is 2.09. The number of nitrogens with one attached hydrogen (secondary N) is 3. The van der Waals surface area contributed by atoms with Crippen LogP contribution in [-0.2, 0) is 11.3 Å². The number of hydrogen-bond acceptors (Lipinski definition) is 4. The van der Waals surface area contributed by atoms with Crippen molar-refractivity contribution in [3.63, 3.8) is 0 Å². The van der Waals surface area contributed by atoms with E-state index in [0.717, 1.165) is 22.6 Å². The number of nitrogens with zero attached hydrogens (tertiary/aromatic N) is 4. The molecule has 31 heavy (non-hydrogen) atoms. The lowest BCUT2D eigenvalue weighted by Gasteiger charge is -2.13. The van der Waals surface area contributed by atoms with E-state index < -0.39 is 0 Å². The van der Waals surface area contributed by atoms with Gasteiger partial charge in [-0.1, -0.05) is 18.2 Å². The number of halogens is 1.